The summed E-state index contributed by atoms with van der Waals surface area (Å²) in [5.41, 5.74) is 2.52. The lowest BCUT2D eigenvalue weighted by Crippen LogP contribution is -2.01. The normalized spacial score (nSPS) is 11.6. The second kappa shape index (κ2) is 5.40. The van der Waals surface area contributed by atoms with Gasteiger partial charge in [-0.3, -0.25) is 4.98 Å². The molecule has 1 aromatic heterocycles. The van der Waals surface area contributed by atoms with Crippen LogP contribution in [-0.2, 0) is 9.63 Å². The Balaban J connectivity index is 2.27. The highest BCUT2D eigenvalue weighted by molar-refractivity contribution is 6.01. The molecule has 18 heavy (non-hydrogen) atoms. The van der Waals surface area contributed by atoms with E-state index in [1.807, 2.05) is 30.3 Å². The Morgan fingerprint density at radius 3 is 3.00 bits per heavy atom. The standard InChI is InChI=1S/C14H14N2O2/c1-3-14(17)18-16-10(2)11-6-7-13-12(9-11)5-4-8-15-13/h4-9H,3H2,1-2H3. The van der Waals surface area contributed by atoms with Crippen LogP contribution in [0.1, 0.15) is 25.8 Å². The zero-order valence-corrected chi connectivity index (χ0v) is 10.4. The Kier molecular flexibility index (Phi) is 3.67. The van der Waals surface area contributed by atoms with Crippen molar-refractivity contribution in [1.82, 2.24) is 4.98 Å². The van der Waals surface area contributed by atoms with Crippen LogP contribution in [0.25, 0.3) is 10.9 Å². The highest BCUT2D eigenvalue weighted by Crippen LogP contribution is 2.14. The molecule has 0 saturated heterocycles. The summed E-state index contributed by atoms with van der Waals surface area (Å²) in [5.74, 6) is -0.336. The van der Waals surface area contributed by atoms with E-state index in [0.29, 0.717) is 12.1 Å². The quantitative estimate of drug-likeness (QED) is 0.472. The number of pyridine rings is 1. The number of rotatable bonds is 3. The van der Waals surface area contributed by atoms with Crippen molar-refractivity contribution in [3.63, 3.8) is 0 Å². The summed E-state index contributed by atoms with van der Waals surface area (Å²) in [5, 5.41) is 4.85. The zero-order valence-electron chi connectivity index (χ0n) is 10.4. The van der Waals surface area contributed by atoms with Crippen LogP contribution in [0.3, 0.4) is 0 Å². The van der Waals surface area contributed by atoms with Crippen molar-refractivity contribution in [2.24, 2.45) is 5.16 Å². The van der Waals surface area contributed by atoms with E-state index in [9.17, 15) is 4.79 Å². The molecule has 0 unspecified atom stereocenters. The predicted molar refractivity (Wildman–Crippen MR) is 70.3 cm³/mol. The highest BCUT2D eigenvalue weighted by Gasteiger charge is 2.02. The van der Waals surface area contributed by atoms with E-state index in [4.69, 9.17) is 4.84 Å². The lowest BCUT2D eigenvalue weighted by atomic mass is 10.1. The van der Waals surface area contributed by atoms with Crippen LogP contribution >= 0.6 is 0 Å². The largest absolute Gasteiger partial charge is 0.334 e. The van der Waals surface area contributed by atoms with Crippen molar-refractivity contribution in [2.75, 3.05) is 0 Å². The molecule has 0 bridgehead atoms. The van der Waals surface area contributed by atoms with Gasteiger partial charge in [-0.2, -0.15) is 0 Å². The van der Waals surface area contributed by atoms with Gasteiger partial charge in [-0.15, -0.1) is 0 Å². The van der Waals surface area contributed by atoms with Crippen LogP contribution in [0.15, 0.2) is 41.7 Å². The molecule has 0 atom stereocenters. The second-order valence-corrected chi connectivity index (χ2v) is 3.90. The molecule has 0 fully saturated rings. The number of carbonyl (C=O) groups is 1. The van der Waals surface area contributed by atoms with E-state index in [2.05, 4.69) is 10.1 Å². The predicted octanol–water partition coefficient (Wildman–Crippen LogP) is 2.91. The maximum atomic E-state index is 11.0. The van der Waals surface area contributed by atoms with Gasteiger partial charge >= 0.3 is 5.97 Å². The Labute approximate surface area is 105 Å². The van der Waals surface area contributed by atoms with Gasteiger partial charge in [0, 0.05) is 18.0 Å². The van der Waals surface area contributed by atoms with E-state index in [1.165, 1.54) is 0 Å². The van der Waals surface area contributed by atoms with Crippen LogP contribution < -0.4 is 0 Å². The van der Waals surface area contributed by atoms with Crippen molar-refractivity contribution >= 4 is 22.6 Å². The van der Waals surface area contributed by atoms with Gasteiger partial charge in [0.05, 0.1) is 11.2 Å². The van der Waals surface area contributed by atoms with Crippen molar-refractivity contribution < 1.29 is 9.63 Å². The van der Waals surface area contributed by atoms with E-state index in [1.54, 1.807) is 20.0 Å². The molecule has 92 valence electrons. The van der Waals surface area contributed by atoms with Gasteiger partial charge in [0.15, 0.2) is 0 Å². The van der Waals surface area contributed by atoms with Crippen molar-refractivity contribution in [2.45, 2.75) is 20.3 Å². The maximum Gasteiger partial charge on any atom is 0.334 e. The minimum Gasteiger partial charge on any atom is -0.318 e. The number of hydrogen-bond acceptors (Lipinski definition) is 4. The van der Waals surface area contributed by atoms with Crippen LogP contribution in [0.5, 0.6) is 0 Å². The zero-order chi connectivity index (χ0) is 13.0. The number of carbonyl (C=O) groups excluding carboxylic acids is 1. The average Bonchev–Trinajstić information content (AvgIpc) is 2.43. The molecule has 1 aromatic carbocycles. The first-order valence-electron chi connectivity index (χ1n) is 5.80. The summed E-state index contributed by atoms with van der Waals surface area (Å²) < 4.78 is 0. The smallest absolute Gasteiger partial charge is 0.318 e. The van der Waals surface area contributed by atoms with E-state index in [0.717, 1.165) is 16.5 Å². The van der Waals surface area contributed by atoms with Crippen LogP contribution in [0.4, 0.5) is 0 Å². The third kappa shape index (κ3) is 2.71. The molecule has 0 aliphatic heterocycles. The molecule has 0 saturated carbocycles. The van der Waals surface area contributed by atoms with Crippen LogP contribution in [0, 0.1) is 0 Å². The number of fused-ring (bicyclic) bond motifs is 1. The first-order valence-corrected chi connectivity index (χ1v) is 5.80. The van der Waals surface area contributed by atoms with Gasteiger partial charge in [-0.05, 0) is 30.7 Å². The van der Waals surface area contributed by atoms with Gasteiger partial charge in [0.2, 0.25) is 0 Å². The molecule has 0 aliphatic carbocycles. The molecular formula is C14H14N2O2. The van der Waals surface area contributed by atoms with Gasteiger partial charge in [-0.1, -0.05) is 24.2 Å². The fourth-order valence-corrected chi connectivity index (χ4v) is 1.54. The van der Waals surface area contributed by atoms with Gasteiger partial charge in [0.25, 0.3) is 0 Å². The van der Waals surface area contributed by atoms with Crippen LogP contribution in [0.2, 0.25) is 0 Å². The van der Waals surface area contributed by atoms with Gasteiger partial charge in [-0.25, -0.2) is 4.79 Å². The molecule has 4 nitrogen and oxygen atoms in total. The number of aromatic nitrogens is 1. The number of oxime groups is 1. The third-order valence-electron chi connectivity index (χ3n) is 2.59. The minimum absolute atomic E-state index is 0.318. The SMILES string of the molecule is CCC(=O)ON=C(C)c1ccc2ncccc2c1. The molecule has 2 rings (SSSR count). The average molecular weight is 242 g/mol. The number of hydrogen-bond donors (Lipinski definition) is 0. The van der Waals surface area contributed by atoms with Crippen molar-refractivity contribution in [3.05, 3.63) is 42.1 Å². The Hall–Kier alpha value is -2.23. The minimum atomic E-state index is -0.336. The Morgan fingerprint density at radius 1 is 1.39 bits per heavy atom. The summed E-state index contributed by atoms with van der Waals surface area (Å²) in [7, 11) is 0. The van der Waals surface area contributed by atoms with Gasteiger partial charge in [0.1, 0.15) is 0 Å². The Morgan fingerprint density at radius 2 is 2.22 bits per heavy atom. The lowest BCUT2D eigenvalue weighted by Gasteiger charge is -2.02. The first kappa shape index (κ1) is 12.2. The first-order chi connectivity index (χ1) is 8.70. The fraction of sp³-hybridized carbons (Fsp3) is 0.214. The lowest BCUT2D eigenvalue weighted by molar-refractivity contribution is -0.143. The summed E-state index contributed by atoms with van der Waals surface area (Å²) in [6, 6.07) is 9.67. The molecular weight excluding hydrogens is 228 g/mol. The topological polar surface area (TPSA) is 51.5 Å². The van der Waals surface area contributed by atoms with Crippen molar-refractivity contribution in [3.8, 4) is 0 Å². The summed E-state index contributed by atoms with van der Waals surface area (Å²) >= 11 is 0. The molecule has 1 heterocycles. The molecule has 0 spiro atoms. The highest BCUT2D eigenvalue weighted by atomic mass is 16.7. The number of nitrogens with zero attached hydrogens (tertiary/aromatic N) is 2. The van der Waals surface area contributed by atoms with Crippen molar-refractivity contribution in [1.29, 1.82) is 0 Å². The molecule has 0 radical (unpaired) electrons. The van der Waals surface area contributed by atoms with E-state index in [-0.39, 0.29) is 5.97 Å². The number of benzene rings is 1. The van der Waals surface area contributed by atoms with E-state index >= 15 is 0 Å². The molecule has 0 N–H and O–H groups in total. The molecule has 4 heteroatoms. The fourth-order valence-electron chi connectivity index (χ4n) is 1.54. The third-order valence-corrected chi connectivity index (χ3v) is 2.59. The van der Waals surface area contributed by atoms with E-state index < -0.39 is 0 Å². The monoisotopic (exact) mass is 242 g/mol. The second-order valence-electron chi connectivity index (χ2n) is 3.90. The summed E-state index contributed by atoms with van der Waals surface area (Å²) in [6.07, 6.45) is 2.07. The summed E-state index contributed by atoms with van der Waals surface area (Å²) in [6.45, 7) is 3.54. The Bertz CT molecular complexity index is 606. The molecule has 0 amide bonds. The molecule has 0 aliphatic rings. The summed E-state index contributed by atoms with van der Waals surface area (Å²) in [4.78, 5) is 20.0. The van der Waals surface area contributed by atoms with Gasteiger partial charge < -0.3 is 4.84 Å². The maximum absolute atomic E-state index is 11.0. The van der Waals surface area contributed by atoms with Crippen LogP contribution in [-0.4, -0.2) is 16.7 Å². The molecule has 2 aromatic rings.